The lowest BCUT2D eigenvalue weighted by Gasteiger charge is -2.15. The van der Waals surface area contributed by atoms with Gasteiger partial charge in [0.05, 0.1) is 12.8 Å². The number of aryl methyl sites for hydroxylation is 2. The van der Waals surface area contributed by atoms with Crippen LogP contribution in [0.1, 0.15) is 37.1 Å². The van der Waals surface area contributed by atoms with E-state index < -0.39 is 0 Å². The molecule has 1 saturated carbocycles. The van der Waals surface area contributed by atoms with Gasteiger partial charge in [-0.25, -0.2) is 9.97 Å². The number of rotatable bonds is 5. The summed E-state index contributed by atoms with van der Waals surface area (Å²) >= 11 is 0. The smallest absolute Gasteiger partial charge is 0.142 e. The summed E-state index contributed by atoms with van der Waals surface area (Å²) in [5.41, 5.74) is 2.08. The minimum absolute atomic E-state index is 0.533. The first-order valence-corrected chi connectivity index (χ1v) is 8.18. The number of nitrogens with one attached hydrogen (secondary N) is 2. The first-order valence-electron chi connectivity index (χ1n) is 8.18. The van der Waals surface area contributed by atoms with Gasteiger partial charge in [-0.05, 0) is 44.4 Å². The molecule has 2 aromatic rings. The van der Waals surface area contributed by atoms with Crippen molar-refractivity contribution in [1.29, 1.82) is 0 Å². The van der Waals surface area contributed by atoms with E-state index in [1.165, 1.54) is 31.2 Å². The first-order chi connectivity index (χ1) is 11.1. The predicted molar refractivity (Wildman–Crippen MR) is 93.7 cm³/mol. The molecule has 1 heterocycles. The lowest BCUT2D eigenvalue weighted by atomic mass is 10.2. The van der Waals surface area contributed by atoms with Crippen LogP contribution in [0.4, 0.5) is 17.3 Å². The number of aromatic nitrogens is 2. The Hall–Kier alpha value is -2.30. The van der Waals surface area contributed by atoms with Gasteiger partial charge in [-0.3, -0.25) is 0 Å². The molecule has 1 aliphatic carbocycles. The fourth-order valence-electron chi connectivity index (χ4n) is 3.04. The van der Waals surface area contributed by atoms with Crippen LogP contribution in [0.15, 0.2) is 24.3 Å². The number of nitrogens with zero attached hydrogens (tertiary/aromatic N) is 2. The van der Waals surface area contributed by atoms with Gasteiger partial charge in [0.1, 0.15) is 23.2 Å². The molecular weight excluding hydrogens is 288 g/mol. The molecule has 0 aliphatic heterocycles. The van der Waals surface area contributed by atoms with E-state index in [1.807, 2.05) is 25.1 Å². The van der Waals surface area contributed by atoms with Crippen LogP contribution in [0.2, 0.25) is 0 Å². The molecule has 0 atom stereocenters. The quantitative estimate of drug-likeness (QED) is 0.866. The Kier molecular flexibility index (Phi) is 4.65. The van der Waals surface area contributed by atoms with Gasteiger partial charge in [0.2, 0.25) is 0 Å². The molecule has 1 aromatic carbocycles. The third-order valence-corrected chi connectivity index (χ3v) is 4.16. The molecule has 0 spiro atoms. The number of methoxy groups -OCH3 is 1. The number of hydrogen-bond acceptors (Lipinski definition) is 5. The number of ether oxygens (including phenoxy) is 1. The highest BCUT2D eigenvalue weighted by atomic mass is 16.5. The molecule has 5 nitrogen and oxygen atoms in total. The topological polar surface area (TPSA) is 59.1 Å². The van der Waals surface area contributed by atoms with Crippen LogP contribution in [0.3, 0.4) is 0 Å². The van der Waals surface area contributed by atoms with Crippen LogP contribution >= 0.6 is 0 Å². The van der Waals surface area contributed by atoms with Crippen molar-refractivity contribution < 1.29 is 4.74 Å². The van der Waals surface area contributed by atoms with E-state index in [-0.39, 0.29) is 0 Å². The SMILES string of the molecule is COc1ccc(C)cc1Nc1cc(NC2CCCC2)nc(C)n1. The summed E-state index contributed by atoms with van der Waals surface area (Å²) in [5.74, 6) is 3.22. The van der Waals surface area contributed by atoms with Crippen molar-refractivity contribution in [2.75, 3.05) is 17.7 Å². The van der Waals surface area contributed by atoms with Gasteiger partial charge in [0.25, 0.3) is 0 Å². The largest absolute Gasteiger partial charge is 0.495 e. The van der Waals surface area contributed by atoms with E-state index in [4.69, 9.17) is 4.74 Å². The Morgan fingerprint density at radius 3 is 2.52 bits per heavy atom. The molecule has 2 N–H and O–H groups in total. The van der Waals surface area contributed by atoms with Crippen LogP contribution in [0, 0.1) is 13.8 Å². The Labute approximate surface area is 137 Å². The van der Waals surface area contributed by atoms with Crippen molar-refractivity contribution in [2.24, 2.45) is 0 Å². The molecule has 23 heavy (non-hydrogen) atoms. The highest BCUT2D eigenvalue weighted by Gasteiger charge is 2.15. The van der Waals surface area contributed by atoms with Crippen molar-refractivity contribution in [3.8, 4) is 5.75 Å². The first kappa shape index (κ1) is 15.6. The van der Waals surface area contributed by atoms with Gasteiger partial charge in [0.15, 0.2) is 0 Å². The highest BCUT2D eigenvalue weighted by molar-refractivity contribution is 5.66. The standard InChI is InChI=1S/C18H24N4O/c1-12-8-9-16(23-3)15(10-12)22-18-11-17(19-13(2)20-18)21-14-6-4-5-7-14/h8-11,14H,4-7H2,1-3H3,(H2,19,20,21,22). The maximum absolute atomic E-state index is 5.42. The second-order valence-electron chi connectivity index (χ2n) is 6.14. The van der Waals surface area contributed by atoms with Gasteiger partial charge in [-0.15, -0.1) is 0 Å². The normalized spacial score (nSPS) is 14.7. The fourth-order valence-corrected chi connectivity index (χ4v) is 3.04. The van der Waals surface area contributed by atoms with Crippen molar-refractivity contribution in [1.82, 2.24) is 9.97 Å². The van der Waals surface area contributed by atoms with E-state index >= 15 is 0 Å². The van der Waals surface area contributed by atoms with Gasteiger partial charge in [0, 0.05) is 12.1 Å². The predicted octanol–water partition coefficient (Wildman–Crippen LogP) is 4.20. The second kappa shape index (κ2) is 6.86. The molecule has 1 fully saturated rings. The molecule has 1 aliphatic rings. The summed E-state index contributed by atoms with van der Waals surface area (Å²) in [6, 6.07) is 8.55. The van der Waals surface area contributed by atoms with Crippen molar-refractivity contribution in [2.45, 2.75) is 45.6 Å². The zero-order valence-electron chi connectivity index (χ0n) is 14.0. The molecule has 0 amide bonds. The number of hydrogen-bond donors (Lipinski definition) is 2. The van der Waals surface area contributed by atoms with Crippen LogP contribution in [-0.4, -0.2) is 23.1 Å². The summed E-state index contributed by atoms with van der Waals surface area (Å²) < 4.78 is 5.42. The fraction of sp³-hybridized carbons (Fsp3) is 0.444. The number of anilines is 3. The molecule has 0 unspecified atom stereocenters. The second-order valence-corrected chi connectivity index (χ2v) is 6.14. The third-order valence-electron chi connectivity index (χ3n) is 4.16. The third kappa shape index (κ3) is 3.92. The summed E-state index contributed by atoms with van der Waals surface area (Å²) in [6.45, 7) is 3.97. The van der Waals surface area contributed by atoms with E-state index in [0.29, 0.717) is 6.04 Å². The zero-order valence-corrected chi connectivity index (χ0v) is 14.0. The van der Waals surface area contributed by atoms with E-state index in [1.54, 1.807) is 7.11 Å². The molecule has 0 radical (unpaired) electrons. The molecule has 3 rings (SSSR count). The van der Waals surface area contributed by atoms with Crippen LogP contribution in [0.25, 0.3) is 0 Å². The van der Waals surface area contributed by atoms with E-state index in [2.05, 4.69) is 33.6 Å². The van der Waals surface area contributed by atoms with E-state index in [0.717, 1.165) is 28.9 Å². The van der Waals surface area contributed by atoms with E-state index in [9.17, 15) is 0 Å². The maximum atomic E-state index is 5.42. The molecular formula is C18H24N4O. The summed E-state index contributed by atoms with van der Waals surface area (Å²) in [6.07, 6.45) is 5.04. The molecule has 0 saturated heterocycles. The van der Waals surface area contributed by atoms with Gasteiger partial charge < -0.3 is 15.4 Å². The summed E-state index contributed by atoms with van der Waals surface area (Å²) in [7, 11) is 1.67. The summed E-state index contributed by atoms with van der Waals surface area (Å²) in [5, 5.41) is 6.88. The van der Waals surface area contributed by atoms with Crippen molar-refractivity contribution >= 4 is 17.3 Å². The van der Waals surface area contributed by atoms with Crippen molar-refractivity contribution in [3.05, 3.63) is 35.7 Å². The monoisotopic (exact) mass is 312 g/mol. The average Bonchev–Trinajstić information content (AvgIpc) is 3.00. The Bertz CT molecular complexity index is 681. The van der Waals surface area contributed by atoms with Gasteiger partial charge in [-0.1, -0.05) is 18.9 Å². The van der Waals surface area contributed by atoms with Crippen molar-refractivity contribution in [3.63, 3.8) is 0 Å². The molecule has 5 heteroatoms. The lowest BCUT2D eigenvalue weighted by molar-refractivity contribution is 0.416. The maximum Gasteiger partial charge on any atom is 0.142 e. The minimum atomic E-state index is 0.533. The Morgan fingerprint density at radius 2 is 1.78 bits per heavy atom. The minimum Gasteiger partial charge on any atom is -0.495 e. The molecule has 122 valence electrons. The summed E-state index contributed by atoms with van der Waals surface area (Å²) in [4.78, 5) is 9.00. The average molecular weight is 312 g/mol. The van der Waals surface area contributed by atoms with Crippen LogP contribution in [-0.2, 0) is 0 Å². The lowest BCUT2D eigenvalue weighted by Crippen LogP contribution is -2.16. The van der Waals surface area contributed by atoms with Crippen LogP contribution < -0.4 is 15.4 Å². The number of benzene rings is 1. The van der Waals surface area contributed by atoms with Gasteiger partial charge in [-0.2, -0.15) is 0 Å². The zero-order chi connectivity index (χ0) is 16.2. The Morgan fingerprint density at radius 1 is 1.04 bits per heavy atom. The highest BCUT2D eigenvalue weighted by Crippen LogP contribution is 2.29. The molecule has 1 aromatic heterocycles. The molecule has 0 bridgehead atoms. The Balaban J connectivity index is 1.82. The van der Waals surface area contributed by atoms with Crippen LogP contribution in [0.5, 0.6) is 5.75 Å². The van der Waals surface area contributed by atoms with Gasteiger partial charge >= 0.3 is 0 Å².